The summed E-state index contributed by atoms with van der Waals surface area (Å²) in [4.78, 5) is 22.4. The molecule has 1 aliphatic rings. The number of nitrogens with zero attached hydrogens (tertiary/aromatic N) is 2. The molecule has 0 saturated carbocycles. The molecule has 4 nitrogen and oxygen atoms in total. The third-order valence-corrected chi connectivity index (χ3v) is 4.88. The molecule has 3 aromatic heterocycles. The lowest BCUT2D eigenvalue weighted by atomic mass is 10.1. The zero-order chi connectivity index (χ0) is 14.2. The van der Waals surface area contributed by atoms with Gasteiger partial charge in [-0.25, -0.2) is 0 Å². The highest BCUT2D eigenvalue weighted by atomic mass is 32.1. The van der Waals surface area contributed by atoms with Gasteiger partial charge < -0.3 is 9.88 Å². The van der Waals surface area contributed by atoms with Gasteiger partial charge in [0.25, 0.3) is 5.91 Å². The maximum atomic E-state index is 12.8. The van der Waals surface area contributed by atoms with Crippen molar-refractivity contribution in [2.24, 2.45) is 0 Å². The molecule has 1 N–H and O–H groups in total. The van der Waals surface area contributed by atoms with Crippen LogP contribution in [0.15, 0.2) is 41.9 Å². The van der Waals surface area contributed by atoms with Gasteiger partial charge in [0.2, 0.25) is 0 Å². The molecule has 1 amide bonds. The number of fused-ring (bicyclic) bond motifs is 1. The minimum Gasteiger partial charge on any atom is -0.350 e. The van der Waals surface area contributed by atoms with Crippen LogP contribution in [0.3, 0.4) is 0 Å². The van der Waals surface area contributed by atoms with Crippen LogP contribution in [0.1, 0.15) is 35.1 Å². The molecule has 0 spiro atoms. The summed E-state index contributed by atoms with van der Waals surface area (Å²) in [6.45, 7) is 0.798. The number of hydrogen-bond donors (Lipinski definition) is 1. The zero-order valence-electron chi connectivity index (χ0n) is 11.5. The molecule has 0 bridgehead atoms. The average Bonchev–Trinajstić information content (AvgIpc) is 3.22. The van der Waals surface area contributed by atoms with Gasteiger partial charge in [-0.15, -0.1) is 11.3 Å². The summed E-state index contributed by atoms with van der Waals surface area (Å²) in [5.41, 5.74) is 2.70. The lowest BCUT2D eigenvalue weighted by molar-refractivity contribution is 0.0728. The molecule has 0 unspecified atom stereocenters. The van der Waals surface area contributed by atoms with Crippen molar-refractivity contribution < 1.29 is 4.79 Å². The first-order chi connectivity index (χ1) is 10.3. The number of rotatable bonds is 2. The number of likely N-dealkylation sites (tertiary alicyclic amines) is 1. The van der Waals surface area contributed by atoms with Crippen molar-refractivity contribution in [3.8, 4) is 0 Å². The van der Waals surface area contributed by atoms with E-state index < -0.39 is 0 Å². The lowest BCUT2D eigenvalue weighted by Gasteiger charge is -2.23. The van der Waals surface area contributed by atoms with Gasteiger partial charge in [0.15, 0.2) is 0 Å². The Hall–Kier alpha value is -2.14. The molecular formula is C16H15N3OS. The van der Waals surface area contributed by atoms with Crippen LogP contribution >= 0.6 is 11.3 Å². The minimum atomic E-state index is 0.0755. The molecule has 4 rings (SSSR count). The van der Waals surface area contributed by atoms with Gasteiger partial charge in [-0.2, -0.15) is 0 Å². The number of aromatic amines is 1. The van der Waals surface area contributed by atoms with Gasteiger partial charge in [-0.05, 0) is 42.5 Å². The van der Waals surface area contributed by atoms with Crippen molar-refractivity contribution in [3.05, 3.63) is 53.3 Å². The van der Waals surface area contributed by atoms with E-state index in [0.29, 0.717) is 5.69 Å². The number of thiophene rings is 1. The van der Waals surface area contributed by atoms with Crippen LogP contribution in [-0.4, -0.2) is 27.3 Å². The lowest BCUT2D eigenvalue weighted by Crippen LogP contribution is -2.31. The molecular weight excluding hydrogens is 282 g/mol. The fraction of sp³-hybridized carbons (Fsp3) is 0.250. The molecule has 1 saturated heterocycles. The quantitative estimate of drug-likeness (QED) is 0.785. The molecule has 21 heavy (non-hydrogen) atoms. The Morgan fingerprint density at radius 1 is 1.38 bits per heavy atom. The van der Waals surface area contributed by atoms with Crippen molar-refractivity contribution in [1.29, 1.82) is 0 Å². The third kappa shape index (κ3) is 2.14. The van der Waals surface area contributed by atoms with Gasteiger partial charge in [0.05, 0.1) is 22.0 Å². The Bertz CT molecular complexity index is 749. The van der Waals surface area contributed by atoms with Gasteiger partial charge >= 0.3 is 0 Å². The summed E-state index contributed by atoms with van der Waals surface area (Å²) in [6, 6.07) is 9.95. The standard InChI is InChI=1S/C16H15N3OS/c20-16(13-10-15-12(18-13)6-9-21-15)19-8-3-5-14(19)11-4-1-2-7-17-11/h1-2,4,6-7,9-10,14,18H,3,5,8H2/t14-/m1/s1. The van der Waals surface area contributed by atoms with Crippen LogP contribution < -0.4 is 0 Å². The predicted octanol–water partition coefficient (Wildman–Crippen LogP) is 3.60. The molecule has 0 aliphatic carbocycles. The van der Waals surface area contributed by atoms with Gasteiger partial charge in [-0.1, -0.05) is 6.07 Å². The van der Waals surface area contributed by atoms with Crippen LogP contribution in [0.25, 0.3) is 10.2 Å². The Labute approximate surface area is 126 Å². The van der Waals surface area contributed by atoms with Crippen molar-refractivity contribution in [2.75, 3.05) is 6.54 Å². The second-order valence-corrected chi connectivity index (χ2v) is 6.24. The highest BCUT2D eigenvalue weighted by Crippen LogP contribution is 2.32. The van der Waals surface area contributed by atoms with E-state index in [9.17, 15) is 4.79 Å². The van der Waals surface area contributed by atoms with Crippen molar-refractivity contribution in [3.63, 3.8) is 0 Å². The second-order valence-electron chi connectivity index (χ2n) is 5.29. The summed E-state index contributed by atoms with van der Waals surface area (Å²) in [5, 5.41) is 2.03. The van der Waals surface area contributed by atoms with Gasteiger partial charge in [0.1, 0.15) is 5.69 Å². The summed E-state index contributed by atoms with van der Waals surface area (Å²) < 4.78 is 1.13. The van der Waals surface area contributed by atoms with E-state index in [1.54, 1.807) is 17.5 Å². The number of hydrogen-bond acceptors (Lipinski definition) is 3. The normalized spacial score (nSPS) is 18.5. The van der Waals surface area contributed by atoms with Gasteiger partial charge in [-0.3, -0.25) is 9.78 Å². The SMILES string of the molecule is O=C(c1cc2sccc2[nH]1)N1CCC[C@@H]1c1ccccn1. The van der Waals surface area contributed by atoms with Crippen LogP contribution in [0.5, 0.6) is 0 Å². The van der Waals surface area contributed by atoms with Crippen molar-refractivity contribution in [2.45, 2.75) is 18.9 Å². The first kappa shape index (κ1) is 12.6. The van der Waals surface area contributed by atoms with E-state index in [2.05, 4.69) is 9.97 Å². The molecule has 0 radical (unpaired) electrons. The first-order valence-corrected chi connectivity index (χ1v) is 7.99. The van der Waals surface area contributed by atoms with Crippen LogP contribution in [-0.2, 0) is 0 Å². The largest absolute Gasteiger partial charge is 0.350 e. The average molecular weight is 297 g/mol. The van der Waals surface area contributed by atoms with E-state index in [0.717, 1.165) is 35.3 Å². The second kappa shape index (κ2) is 5.00. The molecule has 4 heterocycles. The Kier molecular flexibility index (Phi) is 3.00. The van der Waals surface area contributed by atoms with Gasteiger partial charge in [0, 0.05) is 12.7 Å². The van der Waals surface area contributed by atoms with Crippen LogP contribution in [0.2, 0.25) is 0 Å². The number of pyridine rings is 1. The molecule has 5 heteroatoms. The molecule has 3 aromatic rings. The highest BCUT2D eigenvalue weighted by molar-refractivity contribution is 7.17. The number of carbonyl (C=O) groups is 1. The smallest absolute Gasteiger partial charge is 0.270 e. The summed E-state index contributed by atoms with van der Waals surface area (Å²) in [6.07, 6.45) is 3.81. The topological polar surface area (TPSA) is 49.0 Å². The summed E-state index contributed by atoms with van der Waals surface area (Å²) >= 11 is 1.65. The van der Waals surface area contributed by atoms with Crippen LogP contribution in [0.4, 0.5) is 0 Å². The Balaban J connectivity index is 1.65. The zero-order valence-corrected chi connectivity index (χ0v) is 12.3. The van der Waals surface area contributed by atoms with Crippen LogP contribution in [0, 0.1) is 0 Å². The first-order valence-electron chi connectivity index (χ1n) is 7.11. The molecule has 0 aromatic carbocycles. The van der Waals surface area contributed by atoms with E-state index >= 15 is 0 Å². The Morgan fingerprint density at radius 2 is 2.33 bits per heavy atom. The molecule has 1 aliphatic heterocycles. The maximum absolute atomic E-state index is 12.8. The fourth-order valence-electron chi connectivity index (χ4n) is 3.01. The number of H-pyrrole nitrogens is 1. The third-order valence-electron chi connectivity index (χ3n) is 4.01. The maximum Gasteiger partial charge on any atom is 0.270 e. The minimum absolute atomic E-state index is 0.0755. The summed E-state index contributed by atoms with van der Waals surface area (Å²) in [5.74, 6) is 0.0755. The Morgan fingerprint density at radius 3 is 3.14 bits per heavy atom. The fourth-order valence-corrected chi connectivity index (χ4v) is 3.79. The highest BCUT2D eigenvalue weighted by Gasteiger charge is 2.32. The predicted molar refractivity (Wildman–Crippen MR) is 83.4 cm³/mol. The molecule has 106 valence electrons. The van der Waals surface area contributed by atoms with Crippen molar-refractivity contribution >= 4 is 27.5 Å². The molecule has 1 atom stereocenters. The van der Waals surface area contributed by atoms with E-state index in [-0.39, 0.29) is 11.9 Å². The van der Waals surface area contributed by atoms with Crippen molar-refractivity contribution in [1.82, 2.24) is 14.9 Å². The number of amides is 1. The molecule has 1 fully saturated rings. The number of aromatic nitrogens is 2. The van der Waals surface area contributed by atoms with E-state index in [1.165, 1.54) is 0 Å². The van der Waals surface area contributed by atoms with E-state index in [1.807, 2.05) is 40.6 Å². The number of carbonyl (C=O) groups excluding carboxylic acids is 1. The number of nitrogens with one attached hydrogen (secondary N) is 1. The summed E-state index contributed by atoms with van der Waals surface area (Å²) in [7, 11) is 0. The monoisotopic (exact) mass is 297 g/mol. The van der Waals surface area contributed by atoms with E-state index in [4.69, 9.17) is 0 Å².